The lowest BCUT2D eigenvalue weighted by Gasteiger charge is -2.13. The van der Waals surface area contributed by atoms with Crippen molar-refractivity contribution < 1.29 is 9.13 Å². The van der Waals surface area contributed by atoms with E-state index in [1.54, 1.807) is 29.2 Å². The van der Waals surface area contributed by atoms with Gasteiger partial charge in [0, 0.05) is 53.3 Å². The van der Waals surface area contributed by atoms with Gasteiger partial charge in [0.05, 0.1) is 6.61 Å². The summed E-state index contributed by atoms with van der Waals surface area (Å²) in [5.74, 6) is 1.72. The van der Waals surface area contributed by atoms with E-state index in [0.29, 0.717) is 36.0 Å². The molecule has 0 amide bonds. The van der Waals surface area contributed by atoms with Gasteiger partial charge in [0.2, 0.25) is 5.95 Å². The molecule has 4 heterocycles. The highest BCUT2D eigenvalue weighted by atomic mass is 19.1. The van der Waals surface area contributed by atoms with Crippen LogP contribution in [0.3, 0.4) is 0 Å². The van der Waals surface area contributed by atoms with E-state index in [4.69, 9.17) is 4.74 Å². The van der Waals surface area contributed by atoms with Gasteiger partial charge in [-0.05, 0) is 26.0 Å². The molecule has 4 aromatic rings. The molecule has 8 nitrogen and oxygen atoms in total. The second-order valence-electron chi connectivity index (χ2n) is 6.89. The SMILES string of the molecule is Cc1ncc(-c2cnc(NCc3c(F)ccc4c3CCO4)n3cnnc23)c(C)n1. The first-order valence-corrected chi connectivity index (χ1v) is 9.28. The third-order valence-electron chi connectivity index (χ3n) is 5.09. The normalized spacial score (nSPS) is 12.8. The molecule has 0 saturated carbocycles. The highest BCUT2D eigenvalue weighted by Crippen LogP contribution is 2.31. The minimum atomic E-state index is -0.259. The minimum absolute atomic E-state index is 0.259. The molecule has 146 valence electrons. The van der Waals surface area contributed by atoms with Gasteiger partial charge in [-0.1, -0.05) is 0 Å². The van der Waals surface area contributed by atoms with Crippen LogP contribution >= 0.6 is 0 Å². The predicted molar refractivity (Wildman–Crippen MR) is 104 cm³/mol. The Morgan fingerprint density at radius 3 is 2.90 bits per heavy atom. The van der Waals surface area contributed by atoms with Crippen LogP contribution in [0.5, 0.6) is 5.75 Å². The summed E-state index contributed by atoms with van der Waals surface area (Å²) in [6.07, 6.45) is 5.75. The summed E-state index contributed by atoms with van der Waals surface area (Å²) in [6, 6.07) is 3.12. The molecule has 5 rings (SSSR count). The average Bonchev–Trinajstić information content (AvgIpc) is 3.37. The van der Waals surface area contributed by atoms with Crippen molar-refractivity contribution in [3.05, 3.63) is 59.3 Å². The molecular weight excluding hydrogens is 373 g/mol. The number of hydrogen-bond acceptors (Lipinski definition) is 7. The van der Waals surface area contributed by atoms with E-state index >= 15 is 0 Å². The molecule has 0 fully saturated rings. The van der Waals surface area contributed by atoms with Gasteiger partial charge in [-0.15, -0.1) is 10.2 Å². The Bertz CT molecular complexity index is 1240. The summed E-state index contributed by atoms with van der Waals surface area (Å²) in [6.45, 7) is 4.63. The van der Waals surface area contributed by atoms with E-state index in [1.807, 2.05) is 13.8 Å². The van der Waals surface area contributed by atoms with Gasteiger partial charge in [-0.2, -0.15) is 0 Å². The topological polar surface area (TPSA) is 90.1 Å². The summed E-state index contributed by atoms with van der Waals surface area (Å²) in [7, 11) is 0. The summed E-state index contributed by atoms with van der Waals surface area (Å²) in [5.41, 5.74) is 4.59. The number of aromatic nitrogens is 6. The number of anilines is 1. The summed E-state index contributed by atoms with van der Waals surface area (Å²) < 4.78 is 21.7. The van der Waals surface area contributed by atoms with Crippen LogP contribution in [-0.4, -0.2) is 36.2 Å². The lowest BCUT2D eigenvalue weighted by Crippen LogP contribution is -2.10. The largest absolute Gasteiger partial charge is 0.493 e. The van der Waals surface area contributed by atoms with Crippen LogP contribution in [0.25, 0.3) is 16.8 Å². The van der Waals surface area contributed by atoms with Crippen LogP contribution in [0, 0.1) is 19.7 Å². The van der Waals surface area contributed by atoms with Crippen molar-refractivity contribution in [3.8, 4) is 16.9 Å². The van der Waals surface area contributed by atoms with Crippen molar-refractivity contribution in [1.82, 2.24) is 29.5 Å². The number of nitrogens with one attached hydrogen (secondary N) is 1. The summed E-state index contributed by atoms with van der Waals surface area (Å²) in [4.78, 5) is 13.2. The van der Waals surface area contributed by atoms with Gasteiger partial charge in [-0.3, -0.25) is 4.40 Å². The van der Waals surface area contributed by atoms with Crippen LogP contribution in [0.2, 0.25) is 0 Å². The zero-order valence-corrected chi connectivity index (χ0v) is 16.0. The summed E-state index contributed by atoms with van der Waals surface area (Å²) in [5, 5.41) is 11.5. The molecule has 29 heavy (non-hydrogen) atoms. The molecule has 0 radical (unpaired) electrons. The number of fused-ring (bicyclic) bond motifs is 2. The second-order valence-corrected chi connectivity index (χ2v) is 6.89. The molecule has 9 heteroatoms. The van der Waals surface area contributed by atoms with E-state index in [0.717, 1.165) is 28.1 Å². The van der Waals surface area contributed by atoms with Crippen molar-refractivity contribution in [2.75, 3.05) is 11.9 Å². The molecule has 0 atom stereocenters. The quantitative estimate of drug-likeness (QED) is 0.572. The third kappa shape index (κ3) is 2.95. The fourth-order valence-electron chi connectivity index (χ4n) is 3.66. The number of hydrogen-bond donors (Lipinski definition) is 1. The number of aryl methyl sites for hydroxylation is 2. The molecule has 3 aromatic heterocycles. The van der Waals surface area contributed by atoms with Gasteiger partial charge in [0.25, 0.3) is 0 Å². The maximum atomic E-state index is 14.4. The number of halogens is 1. The smallest absolute Gasteiger partial charge is 0.210 e. The molecule has 0 bridgehead atoms. The van der Waals surface area contributed by atoms with Gasteiger partial charge < -0.3 is 10.1 Å². The maximum Gasteiger partial charge on any atom is 0.210 e. The van der Waals surface area contributed by atoms with Crippen molar-refractivity contribution in [2.45, 2.75) is 26.8 Å². The number of benzene rings is 1. The summed E-state index contributed by atoms with van der Waals surface area (Å²) >= 11 is 0. The lowest BCUT2D eigenvalue weighted by atomic mass is 10.0. The van der Waals surface area contributed by atoms with Crippen LogP contribution in [0.15, 0.2) is 30.9 Å². The van der Waals surface area contributed by atoms with Crippen LogP contribution in [-0.2, 0) is 13.0 Å². The highest BCUT2D eigenvalue weighted by Gasteiger charge is 2.20. The molecule has 1 aliphatic rings. The average molecular weight is 391 g/mol. The number of ether oxygens (including phenoxy) is 1. The van der Waals surface area contributed by atoms with Crippen molar-refractivity contribution in [1.29, 1.82) is 0 Å². The number of rotatable bonds is 4. The fraction of sp³-hybridized carbons (Fsp3) is 0.250. The standard InChI is InChI=1S/C20H18FN7O/c1-11-14(7-22-12(2)26-11)16-9-24-20(28-10-25-27-19(16)28)23-8-15-13-5-6-29-18(13)4-3-17(15)21/h3-4,7,9-10H,5-6,8H2,1-2H3,(H,23,24). The molecular formula is C20H18FN7O. The Morgan fingerprint density at radius 1 is 1.17 bits per heavy atom. The predicted octanol–water partition coefficient (Wildman–Crippen LogP) is 2.88. The van der Waals surface area contributed by atoms with Crippen LogP contribution in [0.1, 0.15) is 22.6 Å². The van der Waals surface area contributed by atoms with E-state index in [-0.39, 0.29) is 12.4 Å². The first-order valence-electron chi connectivity index (χ1n) is 9.28. The van der Waals surface area contributed by atoms with Gasteiger partial charge in [-0.25, -0.2) is 19.3 Å². The van der Waals surface area contributed by atoms with Gasteiger partial charge >= 0.3 is 0 Å². The Labute approximate surface area is 165 Å². The lowest BCUT2D eigenvalue weighted by molar-refractivity contribution is 0.356. The Balaban J connectivity index is 1.50. The Kier molecular flexibility index (Phi) is 4.08. The van der Waals surface area contributed by atoms with E-state index in [2.05, 4.69) is 30.5 Å². The maximum absolute atomic E-state index is 14.4. The van der Waals surface area contributed by atoms with Crippen LogP contribution < -0.4 is 10.1 Å². The van der Waals surface area contributed by atoms with Gasteiger partial charge in [0.1, 0.15) is 23.7 Å². The monoisotopic (exact) mass is 391 g/mol. The van der Waals surface area contributed by atoms with Crippen molar-refractivity contribution >= 4 is 11.6 Å². The molecule has 1 aliphatic heterocycles. The highest BCUT2D eigenvalue weighted by molar-refractivity contribution is 5.78. The van der Waals surface area contributed by atoms with Crippen LogP contribution in [0.4, 0.5) is 10.3 Å². The zero-order chi connectivity index (χ0) is 20.0. The number of nitrogens with zero attached hydrogens (tertiary/aromatic N) is 6. The minimum Gasteiger partial charge on any atom is -0.493 e. The third-order valence-corrected chi connectivity index (χ3v) is 5.09. The molecule has 0 unspecified atom stereocenters. The molecule has 0 saturated heterocycles. The van der Waals surface area contributed by atoms with Gasteiger partial charge in [0.15, 0.2) is 5.65 Å². The second kappa shape index (κ2) is 6.77. The first-order chi connectivity index (χ1) is 14.1. The molecule has 0 aliphatic carbocycles. The van der Waals surface area contributed by atoms with E-state index in [1.165, 1.54) is 6.07 Å². The zero-order valence-electron chi connectivity index (χ0n) is 16.0. The Hall–Kier alpha value is -3.62. The first kappa shape index (κ1) is 17.5. The van der Waals surface area contributed by atoms with E-state index < -0.39 is 0 Å². The fourth-order valence-corrected chi connectivity index (χ4v) is 3.66. The molecule has 1 aromatic carbocycles. The molecule has 0 spiro atoms. The van der Waals surface area contributed by atoms with Crippen molar-refractivity contribution in [2.24, 2.45) is 0 Å². The van der Waals surface area contributed by atoms with Crippen molar-refractivity contribution in [3.63, 3.8) is 0 Å². The Morgan fingerprint density at radius 2 is 2.03 bits per heavy atom. The molecule has 1 N–H and O–H groups in total. The van der Waals surface area contributed by atoms with E-state index in [9.17, 15) is 4.39 Å².